The van der Waals surface area contributed by atoms with Gasteiger partial charge < -0.3 is 9.88 Å². The van der Waals surface area contributed by atoms with Crippen LogP contribution < -0.4 is 5.32 Å². The minimum atomic E-state index is 0.859. The van der Waals surface area contributed by atoms with E-state index in [-0.39, 0.29) is 0 Å². The van der Waals surface area contributed by atoms with Crippen LogP contribution in [-0.4, -0.2) is 4.57 Å². The lowest BCUT2D eigenvalue weighted by Crippen LogP contribution is -2.00. The van der Waals surface area contributed by atoms with Gasteiger partial charge in [-0.15, -0.1) is 0 Å². The van der Waals surface area contributed by atoms with Gasteiger partial charge in [0.25, 0.3) is 0 Å². The lowest BCUT2D eigenvalue weighted by atomic mass is 10.2. The van der Waals surface area contributed by atoms with E-state index >= 15 is 0 Å². The van der Waals surface area contributed by atoms with Gasteiger partial charge in [0.2, 0.25) is 0 Å². The van der Waals surface area contributed by atoms with Crippen molar-refractivity contribution in [3.63, 3.8) is 0 Å². The molecular weight excluding hydrogens is 264 g/mol. The van der Waals surface area contributed by atoms with Crippen molar-refractivity contribution in [1.29, 1.82) is 0 Å². The standard InChI is InChI=1S/C13H15BrN2/c1-10-12(14)4-3-5-13(10)15-8-11-6-7-16(2)9-11/h3-7,9,15H,8H2,1-2H3. The zero-order chi connectivity index (χ0) is 11.5. The molecule has 2 rings (SSSR count). The summed E-state index contributed by atoms with van der Waals surface area (Å²) in [6, 6.07) is 8.33. The largest absolute Gasteiger partial charge is 0.381 e. The summed E-state index contributed by atoms with van der Waals surface area (Å²) in [5.74, 6) is 0. The van der Waals surface area contributed by atoms with Crippen molar-refractivity contribution in [2.45, 2.75) is 13.5 Å². The molecule has 0 aliphatic heterocycles. The monoisotopic (exact) mass is 278 g/mol. The lowest BCUT2D eigenvalue weighted by molar-refractivity contribution is 0.920. The van der Waals surface area contributed by atoms with Gasteiger partial charge in [0, 0.05) is 36.1 Å². The van der Waals surface area contributed by atoms with Crippen LogP contribution >= 0.6 is 15.9 Å². The number of anilines is 1. The number of benzene rings is 1. The molecule has 1 N–H and O–H groups in total. The van der Waals surface area contributed by atoms with E-state index in [1.54, 1.807) is 0 Å². The average Bonchev–Trinajstić information content (AvgIpc) is 2.67. The van der Waals surface area contributed by atoms with Gasteiger partial charge in [-0.3, -0.25) is 0 Å². The predicted octanol–water partition coefficient (Wildman–Crippen LogP) is 3.71. The Bertz CT molecular complexity index is 488. The van der Waals surface area contributed by atoms with Crippen molar-refractivity contribution >= 4 is 21.6 Å². The van der Waals surface area contributed by atoms with E-state index in [1.807, 2.05) is 13.1 Å². The molecular formula is C13H15BrN2. The Morgan fingerprint density at radius 2 is 2.12 bits per heavy atom. The Labute approximate surface area is 104 Å². The summed E-state index contributed by atoms with van der Waals surface area (Å²) in [6.45, 7) is 2.97. The second-order valence-electron chi connectivity index (χ2n) is 3.95. The Balaban J connectivity index is 2.07. The van der Waals surface area contributed by atoms with Gasteiger partial charge in [0.15, 0.2) is 0 Å². The molecule has 0 bridgehead atoms. The molecule has 3 heteroatoms. The summed E-state index contributed by atoms with van der Waals surface area (Å²) in [5, 5.41) is 3.44. The third kappa shape index (κ3) is 2.47. The minimum absolute atomic E-state index is 0.859. The SMILES string of the molecule is Cc1c(Br)cccc1NCc1ccn(C)c1. The maximum atomic E-state index is 3.53. The van der Waals surface area contributed by atoms with Crippen LogP contribution in [-0.2, 0) is 13.6 Å². The van der Waals surface area contributed by atoms with Gasteiger partial charge in [-0.25, -0.2) is 0 Å². The van der Waals surface area contributed by atoms with Crippen LogP contribution in [0.1, 0.15) is 11.1 Å². The Morgan fingerprint density at radius 1 is 1.31 bits per heavy atom. The molecule has 0 atom stereocenters. The minimum Gasteiger partial charge on any atom is -0.381 e. The van der Waals surface area contributed by atoms with Crippen LogP contribution in [0, 0.1) is 6.92 Å². The molecule has 0 amide bonds. The average molecular weight is 279 g/mol. The molecule has 0 spiro atoms. The van der Waals surface area contributed by atoms with Crippen LogP contribution in [0.4, 0.5) is 5.69 Å². The first kappa shape index (κ1) is 11.3. The van der Waals surface area contributed by atoms with Crippen molar-refractivity contribution in [3.8, 4) is 0 Å². The molecule has 0 unspecified atom stereocenters. The Kier molecular flexibility index (Phi) is 3.34. The van der Waals surface area contributed by atoms with Crippen molar-refractivity contribution in [3.05, 3.63) is 52.3 Å². The van der Waals surface area contributed by atoms with Gasteiger partial charge in [-0.1, -0.05) is 22.0 Å². The highest BCUT2D eigenvalue weighted by atomic mass is 79.9. The van der Waals surface area contributed by atoms with E-state index in [1.165, 1.54) is 16.8 Å². The van der Waals surface area contributed by atoms with E-state index in [9.17, 15) is 0 Å². The van der Waals surface area contributed by atoms with Crippen molar-refractivity contribution in [2.75, 3.05) is 5.32 Å². The van der Waals surface area contributed by atoms with Gasteiger partial charge in [-0.05, 0) is 36.2 Å². The third-order valence-electron chi connectivity index (χ3n) is 2.64. The molecule has 2 aromatic rings. The maximum Gasteiger partial charge on any atom is 0.0415 e. The van der Waals surface area contributed by atoms with Crippen LogP contribution in [0.2, 0.25) is 0 Å². The summed E-state index contributed by atoms with van der Waals surface area (Å²) in [4.78, 5) is 0. The number of hydrogen-bond donors (Lipinski definition) is 1. The fraction of sp³-hybridized carbons (Fsp3) is 0.231. The first-order valence-electron chi connectivity index (χ1n) is 5.26. The fourth-order valence-electron chi connectivity index (χ4n) is 1.66. The molecule has 0 aliphatic carbocycles. The molecule has 0 saturated carbocycles. The number of rotatable bonds is 3. The number of nitrogens with zero attached hydrogens (tertiary/aromatic N) is 1. The van der Waals surface area contributed by atoms with Crippen molar-refractivity contribution < 1.29 is 0 Å². The molecule has 0 aliphatic rings. The molecule has 0 saturated heterocycles. The van der Waals surface area contributed by atoms with E-state index in [0.29, 0.717) is 0 Å². The molecule has 1 aromatic heterocycles. The molecule has 1 heterocycles. The van der Waals surface area contributed by atoms with Gasteiger partial charge >= 0.3 is 0 Å². The maximum absolute atomic E-state index is 3.53. The van der Waals surface area contributed by atoms with E-state index in [4.69, 9.17) is 0 Å². The number of aryl methyl sites for hydroxylation is 1. The van der Waals surface area contributed by atoms with Gasteiger partial charge in [0.05, 0.1) is 0 Å². The zero-order valence-corrected chi connectivity index (χ0v) is 11.1. The first-order valence-corrected chi connectivity index (χ1v) is 6.06. The van der Waals surface area contributed by atoms with Crippen LogP contribution in [0.15, 0.2) is 41.1 Å². The molecule has 1 aromatic carbocycles. The number of halogens is 1. The highest BCUT2D eigenvalue weighted by molar-refractivity contribution is 9.10. The van der Waals surface area contributed by atoms with Gasteiger partial charge in [0.1, 0.15) is 0 Å². The highest BCUT2D eigenvalue weighted by Crippen LogP contribution is 2.23. The predicted molar refractivity (Wildman–Crippen MR) is 71.6 cm³/mol. The van der Waals surface area contributed by atoms with E-state index in [0.717, 1.165) is 11.0 Å². The fourth-order valence-corrected chi connectivity index (χ4v) is 2.03. The Morgan fingerprint density at radius 3 is 2.81 bits per heavy atom. The molecule has 2 nitrogen and oxygen atoms in total. The smallest absolute Gasteiger partial charge is 0.0415 e. The third-order valence-corrected chi connectivity index (χ3v) is 3.50. The number of nitrogens with one attached hydrogen (secondary N) is 1. The molecule has 16 heavy (non-hydrogen) atoms. The second kappa shape index (κ2) is 4.74. The summed E-state index contributed by atoms with van der Waals surface area (Å²) >= 11 is 3.53. The van der Waals surface area contributed by atoms with Crippen LogP contribution in [0.25, 0.3) is 0 Å². The zero-order valence-electron chi connectivity index (χ0n) is 9.50. The van der Waals surface area contributed by atoms with Gasteiger partial charge in [-0.2, -0.15) is 0 Å². The first-order chi connectivity index (χ1) is 7.66. The second-order valence-corrected chi connectivity index (χ2v) is 4.81. The van der Waals surface area contributed by atoms with E-state index < -0.39 is 0 Å². The highest BCUT2D eigenvalue weighted by Gasteiger charge is 2.01. The summed E-state index contributed by atoms with van der Waals surface area (Å²) in [5.41, 5.74) is 3.72. The molecule has 84 valence electrons. The topological polar surface area (TPSA) is 17.0 Å². The van der Waals surface area contributed by atoms with E-state index in [2.05, 4.69) is 63.3 Å². The summed E-state index contributed by atoms with van der Waals surface area (Å²) in [7, 11) is 2.04. The van der Waals surface area contributed by atoms with Crippen LogP contribution in [0.3, 0.4) is 0 Å². The quantitative estimate of drug-likeness (QED) is 0.906. The summed E-state index contributed by atoms with van der Waals surface area (Å²) in [6.07, 6.45) is 4.19. The molecule has 0 radical (unpaired) electrons. The summed E-state index contributed by atoms with van der Waals surface area (Å²) < 4.78 is 3.20. The Hall–Kier alpha value is -1.22. The van der Waals surface area contributed by atoms with Crippen molar-refractivity contribution in [1.82, 2.24) is 4.57 Å². The molecule has 0 fully saturated rings. The normalized spacial score (nSPS) is 10.4. The lowest BCUT2D eigenvalue weighted by Gasteiger charge is -2.09. The number of aromatic nitrogens is 1. The van der Waals surface area contributed by atoms with Crippen LogP contribution in [0.5, 0.6) is 0 Å². The number of hydrogen-bond acceptors (Lipinski definition) is 1. The van der Waals surface area contributed by atoms with Crippen molar-refractivity contribution in [2.24, 2.45) is 7.05 Å².